The molecular formula is C18H18N4OS. The number of hydrogen-bond acceptors (Lipinski definition) is 5. The van der Waals surface area contributed by atoms with Crippen LogP contribution in [0.1, 0.15) is 17.0 Å². The van der Waals surface area contributed by atoms with Crippen LogP contribution < -0.4 is 4.74 Å². The SMILES string of the molecule is COc1ccc(/C=N/n2c(C)nnc2SCc2ccccc2)cc1. The topological polar surface area (TPSA) is 52.3 Å². The van der Waals surface area contributed by atoms with Crippen molar-refractivity contribution in [3.8, 4) is 5.75 Å². The number of methoxy groups -OCH3 is 1. The van der Waals surface area contributed by atoms with Crippen molar-refractivity contribution in [3.05, 3.63) is 71.5 Å². The molecule has 6 heteroatoms. The summed E-state index contributed by atoms with van der Waals surface area (Å²) >= 11 is 1.62. The summed E-state index contributed by atoms with van der Waals surface area (Å²) < 4.78 is 6.92. The van der Waals surface area contributed by atoms with Crippen molar-refractivity contribution in [2.24, 2.45) is 5.10 Å². The molecule has 0 aliphatic heterocycles. The van der Waals surface area contributed by atoms with Gasteiger partial charge in [0.1, 0.15) is 5.75 Å². The lowest BCUT2D eigenvalue weighted by Crippen LogP contribution is -1.96. The van der Waals surface area contributed by atoms with Gasteiger partial charge in [-0.1, -0.05) is 42.1 Å². The van der Waals surface area contributed by atoms with Crippen molar-refractivity contribution >= 4 is 18.0 Å². The Kier molecular flexibility index (Phi) is 5.28. The molecule has 5 nitrogen and oxygen atoms in total. The highest BCUT2D eigenvalue weighted by molar-refractivity contribution is 7.98. The average molecular weight is 338 g/mol. The Morgan fingerprint density at radius 3 is 2.54 bits per heavy atom. The van der Waals surface area contributed by atoms with Gasteiger partial charge >= 0.3 is 0 Å². The zero-order chi connectivity index (χ0) is 16.8. The average Bonchev–Trinajstić information content (AvgIpc) is 2.99. The van der Waals surface area contributed by atoms with Gasteiger partial charge in [-0.05, 0) is 42.3 Å². The Balaban J connectivity index is 1.73. The van der Waals surface area contributed by atoms with E-state index in [1.54, 1.807) is 29.8 Å². The molecular weight excluding hydrogens is 320 g/mol. The molecule has 0 aliphatic carbocycles. The van der Waals surface area contributed by atoms with Crippen LogP contribution in [0.15, 0.2) is 64.9 Å². The second-order valence-electron chi connectivity index (χ2n) is 5.13. The lowest BCUT2D eigenvalue weighted by molar-refractivity contribution is 0.415. The van der Waals surface area contributed by atoms with Gasteiger partial charge in [0.15, 0.2) is 5.82 Å². The van der Waals surface area contributed by atoms with Crippen molar-refractivity contribution in [1.29, 1.82) is 0 Å². The third kappa shape index (κ3) is 4.02. The fourth-order valence-electron chi connectivity index (χ4n) is 2.10. The van der Waals surface area contributed by atoms with Gasteiger partial charge in [0.05, 0.1) is 13.3 Å². The summed E-state index contributed by atoms with van der Waals surface area (Å²) in [4.78, 5) is 0. The zero-order valence-electron chi connectivity index (χ0n) is 13.6. The van der Waals surface area contributed by atoms with Crippen LogP contribution in [0.3, 0.4) is 0 Å². The number of benzene rings is 2. The minimum atomic E-state index is 0.760. The lowest BCUT2D eigenvalue weighted by Gasteiger charge is -2.03. The van der Waals surface area contributed by atoms with Gasteiger partial charge in [0, 0.05) is 5.75 Å². The molecule has 0 spiro atoms. The lowest BCUT2D eigenvalue weighted by atomic mass is 10.2. The van der Waals surface area contributed by atoms with E-state index in [2.05, 4.69) is 27.4 Å². The molecule has 0 atom stereocenters. The van der Waals surface area contributed by atoms with Crippen molar-refractivity contribution < 1.29 is 4.74 Å². The van der Waals surface area contributed by atoms with Crippen LogP contribution >= 0.6 is 11.8 Å². The van der Waals surface area contributed by atoms with E-state index in [0.29, 0.717) is 0 Å². The van der Waals surface area contributed by atoms with E-state index in [9.17, 15) is 0 Å². The third-order valence-electron chi connectivity index (χ3n) is 3.42. The van der Waals surface area contributed by atoms with Crippen molar-refractivity contribution in [1.82, 2.24) is 14.9 Å². The molecule has 3 aromatic rings. The van der Waals surface area contributed by atoms with E-state index >= 15 is 0 Å². The van der Waals surface area contributed by atoms with E-state index in [-0.39, 0.29) is 0 Å². The summed E-state index contributed by atoms with van der Waals surface area (Å²) in [6.45, 7) is 1.89. The zero-order valence-corrected chi connectivity index (χ0v) is 14.4. The fraction of sp³-hybridized carbons (Fsp3) is 0.167. The normalized spacial score (nSPS) is 11.1. The molecule has 24 heavy (non-hydrogen) atoms. The minimum Gasteiger partial charge on any atom is -0.497 e. The molecule has 0 aliphatic rings. The van der Waals surface area contributed by atoms with Crippen molar-refractivity contribution in [2.75, 3.05) is 7.11 Å². The Morgan fingerprint density at radius 2 is 1.83 bits per heavy atom. The molecule has 0 saturated heterocycles. The molecule has 0 unspecified atom stereocenters. The molecule has 0 fully saturated rings. The summed E-state index contributed by atoms with van der Waals surface area (Å²) in [5, 5.41) is 13.6. The predicted molar refractivity (Wildman–Crippen MR) is 96.7 cm³/mol. The van der Waals surface area contributed by atoms with Crippen LogP contribution in [-0.4, -0.2) is 28.2 Å². The maximum Gasteiger partial charge on any atom is 0.212 e. The summed E-state index contributed by atoms with van der Waals surface area (Å²) in [5.41, 5.74) is 2.23. The van der Waals surface area contributed by atoms with E-state index in [1.165, 1.54) is 5.56 Å². The van der Waals surface area contributed by atoms with Gasteiger partial charge in [-0.25, -0.2) is 0 Å². The minimum absolute atomic E-state index is 0.760. The number of aryl methyl sites for hydroxylation is 1. The maximum atomic E-state index is 5.16. The Morgan fingerprint density at radius 1 is 1.08 bits per heavy atom. The van der Waals surface area contributed by atoms with Crippen LogP contribution in [0.4, 0.5) is 0 Å². The summed E-state index contributed by atoms with van der Waals surface area (Å²) in [6.07, 6.45) is 1.79. The molecule has 0 radical (unpaired) electrons. The van der Waals surface area contributed by atoms with E-state index in [0.717, 1.165) is 28.0 Å². The molecule has 1 aromatic heterocycles. The standard InChI is InChI=1S/C18H18N4OS/c1-14-20-21-18(24-13-16-6-4-3-5-7-16)22(14)19-12-15-8-10-17(23-2)11-9-15/h3-12H,13H2,1-2H3/b19-12+. The molecule has 0 bridgehead atoms. The molecule has 122 valence electrons. The number of aromatic nitrogens is 3. The summed E-state index contributed by atoms with van der Waals surface area (Å²) in [6, 6.07) is 18.0. The molecule has 0 amide bonds. The number of thioether (sulfide) groups is 1. The highest BCUT2D eigenvalue weighted by atomic mass is 32.2. The molecule has 0 saturated carbocycles. The fourth-order valence-corrected chi connectivity index (χ4v) is 2.99. The third-order valence-corrected chi connectivity index (χ3v) is 4.41. The van der Waals surface area contributed by atoms with Crippen LogP contribution in [0.25, 0.3) is 0 Å². The predicted octanol–water partition coefficient (Wildman–Crippen LogP) is 3.77. The second kappa shape index (κ2) is 7.79. The van der Waals surface area contributed by atoms with Gasteiger partial charge in [0.25, 0.3) is 0 Å². The highest BCUT2D eigenvalue weighted by Crippen LogP contribution is 2.21. The van der Waals surface area contributed by atoms with E-state index in [1.807, 2.05) is 49.4 Å². The van der Waals surface area contributed by atoms with Crippen LogP contribution in [-0.2, 0) is 5.75 Å². The van der Waals surface area contributed by atoms with E-state index in [4.69, 9.17) is 4.74 Å². The largest absolute Gasteiger partial charge is 0.497 e. The van der Waals surface area contributed by atoms with Crippen LogP contribution in [0, 0.1) is 6.92 Å². The molecule has 3 rings (SSSR count). The Bertz CT molecular complexity index is 813. The van der Waals surface area contributed by atoms with Gasteiger partial charge in [-0.15, -0.1) is 10.2 Å². The van der Waals surface area contributed by atoms with Crippen LogP contribution in [0.2, 0.25) is 0 Å². The molecule has 0 N–H and O–H groups in total. The second-order valence-corrected chi connectivity index (χ2v) is 6.08. The Hall–Kier alpha value is -2.60. The van der Waals surface area contributed by atoms with Gasteiger partial charge in [-0.2, -0.15) is 9.78 Å². The molecule has 2 aromatic carbocycles. The van der Waals surface area contributed by atoms with Gasteiger partial charge in [-0.3, -0.25) is 0 Å². The first-order chi connectivity index (χ1) is 11.8. The number of hydrogen-bond donors (Lipinski definition) is 0. The maximum absolute atomic E-state index is 5.16. The summed E-state index contributed by atoms with van der Waals surface area (Å²) in [7, 11) is 1.65. The van der Waals surface area contributed by atoms with Crippen LogP contribution in [0.5, 0.6) is 5.75 Å². The first-order valence-corrected chi connectivity index (χ1v) is 8.52. The van der Waals surface area contributed by atoms with Gasteiger partial charge in [0.2, 0.25) is 5.16 Å². The van der Waals surface area contributed by atoms with Gasteiger partial charge < -0.3 is 4.74 Å². The summed E-state index contributed by atoms with van der Waals surface area (Å²) in [5.74, 6) is 2.42. The monoisotopic (exact) mass is 338 g/mol. The number of nitrogens with zero attached hydrogens (tertiary/aromatic N) is 4. The van der Waals surface area contributed by atoms with Crippen molar-refractivity contribution in [2.45, 2.75) is 17.8 Å². The molecule has 1 heterocycles. The Labute approximate surface area is 145 Å². The first-order valence-electron chi connectivity index (χ1n) is 7.53. The smallest absolute Gasteiger partial charge is 0.212 e. The quantitative estimate of drug-likeness (QED) is 0.507. The highest BCUT2D eigenvalue weighted by Gasteiger charge is 2.08. The van der Waals surface area contributed by atoms with Crippen molar-refractivity contribution in [3.63, 3.8) is 0 Å². The van der Waals surface area contributed by atoms with E-state index < -0.39 is 0 Å². The number of ether oxygens (including phenoxy) is 1. The first kappa shape index (κ1) is 16.3. The number of rotatable bonds is 6.